The van der Waals surface area contributed by atoms with E-state index in [1.165, 1.54) is 0 Å². The van der Waals surface area contributed by atoms with Gasteiger partial charge in [-0.05, 0) is 75.1 Å². The first-order valence-electron chi connectivity index (χ1n) is 10.8. The Morgan fingerprint density at radius 2 is 1.75 bits per heavy atom. The Hall–Kier alpha value is -2.54. The van der Waals surface area contributed by atoms with E-state index in [0.717, 1.165) is 21.2 Å². The number of aryl methyl sites for hydroxylation is 2. The Labute approximate surface area is 199 Å². The monoisotopic (exact) mass is 504 g/mol. The molecule has 2 aromatic carbocycles. The molecule has 2 aromatic rings. The molecule has 0 aliphatic carbocycles. The van der Waals surface area contributed by atoms with Crippen LogP contribution in [0.5, 0.6) is 11.5 Å². The molecule has 2 amide bonds. The first-order valence-corrected chi connectivity index (χ1v) is 11.6. The van der Waals surface area contributed by atoms with Gasteiger partial charge in [0.05, 0.1) is 7.11 Å². The Bertz CT molecular complexity index is 922. The van der Waals surface area contributed by atoms with Crippen LogP contribution in [0, 0.1) is 13.8 Å². The highest BCUT2D eigenvalue weighted by Gasteiger charge is 2.29. The van der Waals surface area contributed by atoms with Crippen LogP contribution < -0.4 is 14.8 Å². The van der Waals surface area contributed by atoms with E-state index in [0.29, 0.717) is 17.9 Å². The van der Waals surface area contributed by atoms with Crippen LogP contribution in [0.25, 0.3) is 0 Å². The van der Waals surface area contributed by atoms with Crippen molar-refractivity contribution < 1.29 is 19.1 Å². The van der Waals surface area contributed by atoms with Gasteiger partial charge >= 0.3 is 0 Å². The molecule has 0 aliphatic heterocycles. The third-order valence-corrected chi connectivity index (χ3v) is 6.33. The van der Waals surface area contributed by atoms with E-state index in [1.807, 2.05) is 71.0 Å². The second kappa shape index (κ2) is 11.9. The second-order valence-electron chi connectivity index (χ2n) is 8.12. The van der Waals surface area contributed by atoms with Gasteiger partial charge in [0.15, 0.2) is 6.61 Å². The normalized spacial score (nSPS) is 11.8. The minimum Gasteiger partial charge on any atom is -0.497 e. The van der Waals surface area contributed by atoms with Crippen molar-refractivity contribution in [1.82, 2.24) is 10.2 Å². The molecule has 1 unspecified atom stereocenters. The number of amides is 2. The van der Waals surface area contributed by atoms with Crippen LogP contribution in [0.3, 0.4) is 0 Å². The Morgan fingerprint density at radius 3 is 2.31 bits per heavy atom. The van der Waals surface area contributed by atoms with Gasteiger partial charge in [0, 0.05) is 17.1 Å². The molecular formula is C25H33BrN2O4. The van der Waals surface area contributed by atoms with Gasteiger partial charge in [-0.15, -0.1) is 0 Å². The Balaban J connectivity index is 2.27. The molecule has 7 heteroatoms. The van der Waals surface area contributed by atoms with Gasteiger partial charge in [0.2, 0.25) is 5.91 Å². The Kier molecular flexibility index (Phi) is 9.57. The number of halogens is 1. The summed E-state index contributed by atoms with van der Waals surface area (Å²) in [6.07, 6.45) is 0.491. The summed E-state index contributed by atoms with van der Waals surface area (Å²) in [6, 6.07) is 10.7. The van der Waals surface area contributed by atoms with E-state index in [1.54, 1.807) is 12.0 Å². The van der Waals surface area contributed by atoms with Crippen LogP contribution in [0.2, 0.25) is 0 Å². The molecule has 1 atom stereocenters. The van der Waals surface area contributed by atoms with Crippen LogP contribution in [0.15, 0.2) is 40.9 Å². The molecule has 2 rings (SSSR count). The van der Waals surface area contributed by atoms with Crippen molar-refractivity contribution >= 4 is 27.7 Å². The number of nitrogens with zero attached hydrogens (tertiary/aromatic N) is 1. The molecule has 0 saturated carbocycles. The molecule has 6 nitrogen and oxygen atoms in total. The largest absolute Gasteiger partial charge is 0.497 e. The van der Waals surface area contributed by atoms with Gasteiger partial charge in [-0.3, -0.25) is 9.59 Å². The predicted molar refractivity (Wildman–Crippen MR) is 130 cm³/mol. The zero-order chi connectivity index (χ0) is 23.8. The van der Waals surface area contributed by atoms with Crippen molar-refractivity contribution in [3.63, 3.8) is 0 Å². The molecular weight excluding hydrogens is 472 g/mol. The van der Waals surface area contributed by atoms with Crippen molar-refractivity contribution in [2.24, 2.45) is 0 Å². The molecule has 0 saturated heterocycles. The molecule has 32 heavy (non-hydrogen) atoms. The lowest BCUT2D eigenvalue weighted by molar-refractivity contribution is -0.143. The number of rotatable bonds is 10. The summed E-state index contributed by atoms with van der Waals surface area (Å²) in [7, 11) is 1.60. The summed E-state index contributed by atoms with van der Waals surface area (Å²) in [5.74, 6) is 0.898. The quantitative estimate of drug-likeness (QED) is 0.505. The van der Waals surface area contributed by atoms with Crippen molar-refractivity contribution in [2.75, 3.05) is 13.7 Å². The van der Waals surface area contributed by atoms with Crippen LogP contribution in [-0.4, -0.2) is 42.5 Å². The second-order valence-corrected chi connectivity index (χ2v) is 8.91. The fourth-order valence-corrected chi connectivity index (χ4v) is 3.71. The number of nitrogens with one attached hydrogen (secondary N) is 1. The van der Waals surface area contributed by atoms with E-state index in [4.69, 9.17) is 9.47 Å². The summed E-state index contributed by atoms with van der Waals surface area (Å²) in [6.45, 7) is 9.78. The van der Waals surface area contributed by atoms with Crippen molar-refractivity contribution in [2.45, 2.75) is 59.7 Å². The third-order valence-electron chi connectivity index (χ3n) is 5.08. The topological polar surface area (TPSA) is 67.9 Å². The molecule has 0 bridgehead atoms. The van der Waals surface area contributed by atoms with Crippen molar-refractivity contribution in [1.29, 1.82) is 0 Å². The average molecular weight is 505 g/mol. The first-order chi connectivity index (χ1) is 15.2. The molecule has 0 aromatic heterocycles. The van der Waals surface area contributed by atoms with E-state index in [2.05, 4.69) is 21.2 Å². The fraction of sp³-hybridized carbons (Fsp3) is 0.440. The van der Waals surface area contributed by atoms with Gasteiger partial charge in [-0.1, -0.05) is 35.0 Å². The maximum absolute atomic E-state index is 13.3. The van der Waals surface area contributed by atoms with E-state index < -0.39 is 6.04 Å². The molecule has 0 spiro atoms. The third kappa shape index (κ3) is 6.99. The first kappa shape index (κ1) is 25.7. The van der Waals surface area contributed by atoms with E-state index >= 15 is 0 Å². The van der Waals surface area contributed by atoms with E-state index in [-0.39, 0.29) is 31.0 Å². The van der Waals surface area contributed by atoms with Gasteiger partial charge in [0.25, 0.3) is 5.91 Å². The van der Waals surface area contributed by atoms with Crippen molar-refractivity contribution in [3.8, 4) is 11.5 Å². The Morgan fingerprint density at radius 1 is 1.09 bits per heavy atom. The summed E-state index contributed by atoms with van der Waals surface area (Å²) < 4.78 is 12.2. The smallest absolute Gasteiger partial charge is 0.261 e. The van der Waals surface area contributed by atoms with Gasteiger partial charge in [-0.25, -0.2) is 0 Å². The minimum atomic E-state index is -0.604. The summed E-state index contributed by atoms with van der Waals surface area (Å²) in [4.78, 5) is 27.7. The number of carbonyl (C=O) groups excluding carboxylic acids is 2. The van der Waals surface area contributed by atoms with Crippen LogP contribution in [0.4, 0.5) is 0 Å². The number of hydrogen-bond acceptors (Lipinski definition) is 4. The molecule has 0 radical (unpaired) electrons. The average Bonchev–Trinajstić information content (AvgIpc) is 2.75. The summed E-state index contributed by atoms with van der Waals surface area (Å²) in [5.41, 5.74) is 2.94. The lowest BCUT2D eigenvalue weighted by atomic mass is 10.1. The van der Waals surface area contributed by atoms with E-state index in [9.17, 15) is 9.59 Å². The standard InChI is InChI=1S/C25H33BrN2O4/c1-7-22(25(30)27-16(2)3)28(14-19-9-8-10-20(13-19)31-6)23(29)15-32-21-11-17(4)24(26)18(5)12-21/h8-13,16,22H,7,14-15H2,1-6H3,(H,27,30). The predicted octanol–water partition coefficient (Wildman–Crippen LogP) is 4.79. The van der Waals surface area contributed by atoms with Crippen LogP contribution in [-0.2, 0) is 16.1 Å². The molecule has 1 N–H and O–H groups in total. The molecule has 0 fully saturated rings. The van der Waals surface area contributed by atoms with Gasteiger partial charge in [-0.2, -0.15) is 0 Å². The van der Waals surface area contributed by atoms with Gasteiger partial charge < -0.3 is 19.7 Å². The molecule has 0 heterocycles. The number of benzene rings is 2. The number of hydrogen-bond donors (Lipinski definition) is 1. The summed E-state index contributed by atoms with van der Waals surface area (Å²) >= 11 is 3.54. The number of methoxy groups -OCH3 is 1. The highest BCUT2D eigenvalue weighted by molar-refractivity contribution is 9.10. The summed E-state index contributed by atoms with van der Waals surface area (Å²) in [5, 5.41) is 2.93. The SMILES string of the molecule is CCC(C(=O)NC(C)C)N(Cc1cccc(OC)c1)C(=O)COc1cc(C)c(Br)c(C)c1. The number of carbonyl (C=O) groups is 2. The maximum Gasteiger partial charge on any atom is 0.261 e. The van der Waals surface area contributed by atoms with Crippen LogP contribution >= 0.6 is 15.9 Å². The lowest BCUT2D eigenvalue weighted by Crippen LogP contribution is -2.51. The maximum atomic E-state index is 13.3. The minimum absolute atomic E-state index is 0.0183. The van der Waals surface area contributed by atoms with Crippen molar-refractivity contribution in [3.05, 3.63) is 57.6 Å². The lowest BCUT2D eigenvalue weighted by Gasteiger charge is -2.31. The highest BCUT2D eigenvalue weighted by atomic mass is 79.9. The zero-order valence-electron chi connectivity index (χ0n) is 19.7. The van der Waals surface area contributed by atoms with Gasteiger partial charge in [0.1, 0.15) is 17.5 Å². The zero-order valence-corrected chi connectivity index (χ0v) is 21.3. The molecule has 0 aliphatic rings. The molecule has 174 valence electrons. The number of ether oxygens (including phenoxy) is 2. The fourth-order valence-electron chi connectivity index (χ4n) is 3.49. The van der Waals surface area contributed by atoms with Crippen LogP contribution in [0.1, 0.15) is 43.9 Å². The highest BCUT2D eigenvalue weighted by Crippen LogP contribution is 2.26.